The molecule has 6 heteroatoms. The minimum Gasteiger partial charge on any atom is -0.490 e. The van der Waals surface area contributed by atoms with Gasteiger partial charge in [-0.25, -0.2) is 4.99 Å². The predicted octanol–water partition coefficient (Wildman–Crippen LogP) is 4.09. The Labute approximate surface area is 168 Å². The molecule has 0 amide bonds. The molecule has 0 spiro atoms. The molecule has 0 radical (unpaired) electrons. The van der Waals surface area contributed by atoms with Gasteiger partial charge in [0.15, 0.2) is 17.5 Å². The summed E-state index contributed by atoms with van der Waals surface area (Å²) in [5.41, 5.74) is 7.07. The van der Waals surface area contributed by atoms with Crippen molar-refractivity contribution >= 4 is 29.9 Å². The molecular formula is C19H32IN3O2. The number of fused-ring (bicyclic) bond motifs is 1. The third-order valence-electron chi connectivity index (χ3n) is 4.06. The number of rotatable bonds is 7. The van der Waals surface area contributed by atoms with E-state index in [9.17, 15) is 0 Å². The van der Waals surface area contributed by atoms with Crippen molar-refractivity contribution in [2.24, 2.45) is 16.6 Å². The number of nitrogens with zero attached hydrogens (tertiary/aromatic N) is 1. The molecule has 0 bridgehead atoms. The molecule has 1 aliphatic rings. The van der Waals surface area contributed by atoms with Crippen molar-refractivity contribution in [2.75, 3.05) is 13.2 Å². The molecule has 1 unspecified atom stereocenters. The summed E-state index contributed by atoms with van der Waals surface area (Å²) in [6.07, 6.45) is 4.48. The number of ether oxygens (including phenoxy) is 2. The van der Waals surface area contributed by atoms with Crippen LogP contribution in [0.25, 0.3) is 0 Å². The van der Waals surface area contributed by atoms with E-state index in [0.717, 1.165) is 35.8 Å². The second-order valence-corrected chi connectivity index (χ2v) is 6.90. The zero-order valence-corrected chi connectivity index (χ0v) is 17.9. The van der Waals surface area contributed by atoms with Crippen molar-refractivity contribution < 1.29 is 9.47 Å². The van der Waals surface area contributed by atoms with E-state index in [1.54, 1.807) is 0 Å². The van der Waals surface area contributed by atoms with Crippen molar-refractivity contribution in [3.05, 3.63) is 23.8 Å². The highest BCUT2D eigenvalue weighted by molar-refractivity contribution is 14.0. The quantitative estimate of drug-likeness (QED) is 0.365. The van der Waals surface area contributed by atoms with Gasteiger partial charge in [-0.3, -0.25) is 0 Å². The van der Waals surface area contributed by atoms with Gasteiger partial charge in [0.05, 0.1) is 19.8 Å². The molecule has 0 saturated carbocycles. The van der Waals surface area contributed by atoms with Gasteiger partial charge in [-0.05, 0) is 37.0 Å². The maximum Gasteiger partial charge on any atom is 0.189 e. The summed E-state index contributed by atoms with van der Waals surface area (Å²) >= 11 is 0. The third-order valence-corrected chi connectivity index (χ3v) is 4.06. The second kappa shape index (κ2) is 11.4. The molecule has 142 valence electrons. The smallest absolute Gasteiger partial charge is 0.189 e. The van der Waals surface area contributed by atoms with Crippen molar-refractivity contribution in [2.45, 2.75) is 59.0 Å². The van der Waals surface area contributed by atoms with Crippen LogP contribution in [0, 0.1) is 5.92 Å². The number of benzene rings is 1. The zero-order valence-electron chi connectivity index (χ0n) is 15.6. The summed E-state index contributed by atoms with van der Waals surface area (Å²) in [4.78, 5) is 4.44. The lowest BCUT2D eigenvalue weighted by Gasteiger charge is -2.15. The standard InChI is InChI=1S/C19H31N3O2.HI/c1-14(2)6-4-7-15(3)22-19(20)21-13-16-8-9-17-18(12-16)24-11-5-10-23-17;/h8-9,12,14-15H,4-7,10-11,13H2,1-3H3,(H3,20,21,22);1H. The molecular weight excluding hydrogens is 429 g/mol. The number of hydrogen-bond donors (Lipinski definition) is 2. The first-order valence-corrected chi connectivity index (χ1v) is 8.99. The summed E-state index contributed by atoms with van der Waals surface area (Å²) in [5.74, 6) is 2.86. The number of nitrogens with two attached hydrogens (primary N) is 1. The summed E-state index contributed by atoms with van der Waals surface area (Å²) in [5, 5.41) is 3.27. The van der Waals surface area contributed by atoms with Gasteiger partial charge < -0.3 is 20.5 Å². The number of hydrogen-bond acceptors (Lipinski definition) is 3. The van der Waals surface area contributed by atoms with E-state index in [2.05, 4.69) is 31.1 Å². The largest absolute Gasteiger partial charge is 0.490 e. The number of aliphatic imine (C=N–C) groups is 1. The zero-order chi connectivity index (χ0) is 17.4. The van der Waals surface area contributed by atoms with E-state index in [4.69, 9.17) is 15.2 Å². The van der Waals surface area contributed by atoms with Crippen LogP contribution in [0.15, 0.2) is 23.2 Å². The molecule has 2 rings (SSSR count). The van der Waals surface area contributed by atoms with Crippen LogP contribution in [-0.2, 0) is 6.54 Å². The SMILES string of the molecule is CC(C)CCCC(C)NC(N)=NCc1ccc2c(c1)OCCCO2.I. The summed E-state index contributed by atoms with van der Waals surface area (Å²) in [6.45, 7) is 8.59. The minimum atomic E-state index is 0. The van der Waals surface area contributed by atoms with Crippen LogP contribution in [0.5, 0.6) is 11.5 Å². The van der Waals surface area contributed by atoms with E-state index in [0.29, 0.717) is 31.8 Å². The molecule has 25 heavy (non-hydrogen) atoms. The van der Waals surface area contributed by atoms with Crippen LogP contribution in [-0.4, -0.2) is 25.2 Å². The predicted molar refractivity (Wildman–Crippen MR) is 114 cm³/mol. The fraction of sp³-hybridized carbons (Fsp3) is 0.632. The maximum absolute atomic E-state index is 6.00. The van der Waals surface area contributed by atoms with Gasteiger partial charge in [-0.1, -0.05) is 32.8 Å². The third kappa shape index (κ3) is 8.16. The van der Waals surface area contributed by atoms with Crippen LogP contribution in [0.3, 0.4) is 0 Å². The fourth-order valence-corrected chi connectivity index (χ4v) is 2.69. The van der Waals surface area contributed by atoms with Crippen LogP contribution < -0.4 is 20.5 Å². The van der Waals surface area contributed by atoms with Crippen LogP contribution in [0.4, 0.5) is 0 Å². The lowest BCUT2D eigenvalue weighted by molar-refractivity contribution is 0.297. The van der Waals surface area contributed by atoms with E-state index in [1.165, 1.54) is 12.8 Å². The topological polar surface area (TPSA) is 68.9 Å². The van der Waals surface area contributed by atoms with Crippen LogP contribution in [0.2, 0.25) is 0 Å². The summed E-state index contributed by atoms with van der Waals surface area (Å²) in [7, 11) is 0. The number of halogens is 1. The Bertz CT molecular complexity index is 549. The van der Waals surface area contributed by atoms with Crippen molar-refractivity contribution in [3.63, 3.8) is 0 Å². The molecule has 0 fully saturated rings. The summed E-state index contributed by atoms with van der Waals surface area (Å²) in [6, 6.07) is 6.29. The average molecular weight is 461 g/mol. The Balaban J connectivity index is 0.00000312. The van der Waals surface area contributed by atoms with Crippen molar-refractivity contribution in [1.82, 2.24) is 5.32 Å². The second-order valence-electron chi connectivity index (χ2n) is 6.90. The normalized spacial score (nSPS) is 15.3. The van der Waals surface area contributed by atoms with E-state index in [-0.39, 0.29) is 24.0 Å². The highest BCUT2D eigenvalue weighted by Gasteiger charge is 2.10. The lowest BCUT2D eigenvalue weighted by atomic mass is 10.0. The molecule has 1 heterocycles. The molecule has 5 nitrogen and oxygen atoms in total. The van der Waals surface area contributed by atoms with Gasteiger partial charge in [0.25, 0.3) is 0 Å². The van der Waals surface area contributed by atoms with Crippen molar-refractivity contribution in [1.29, 1.82) is 0 Å². The van der Waals surface area contributed by atoms with Gasteiger partial charge >= 0.3 is 0 Å². The highest BCUT2D eigenvalue weighted by atomic mass is 127. The Morgan fingerprint density at radius 1 is 1.16 bits per heavy atom. The summed E-state index contributed by atoms with van der Waals surface area (Å²) < 4.78 is 11.3. The number of nitrogens with one attached hydrogen (secondary N) is 1. The number of guanidine groups is 1. The highest BCUT2D eigenvalue weighted by Crippen LogP contribution is 2.30. The van der Waals surface area contributed by atoms with Crippen molar-refractivity contribution in [3.8, 4) is 11.5 Å². The first kappa shape index (κ1) is 21.9. The lowest BCUT2D eigenvalue weighted by Crippen LogP contribution is -2.38. The van der Waals surface area contributed by atoms with E-state index < -0.39 is 0 Å². The fourth-order valence-electron chi connectivity index (χ4n) is 2.69. The maximum atomic E-state index is 6.00. The van der Waals surface area contributed by atoms with Gasteiger partial charge in [0, 0.05) is 12.5 Å². The average Bonchev–Trinajstić information content (AvgIpc) is 2.77. The van der Waals surface area contributed by atoms with Gasteiger partial charge in [0.2, 0.25) is 0 Å². The van der Waals surface area contributed by atoms with Gasteiger partial charge in [0.1, 0.15) is 0 Å². The van der Waals surface area contributed by atoms with Gasteiger partial charge in [-0.2, -0.15) is 0 Å². The molecule has 0 aliphatic carbocycles. The first-order chi connectivity index (χ1) is 11.5. The molecule has 3 N–H and O–H groups in total. The molecule has 1 aromatic carbocycles. The molecule has 1 aliphatic heterocycles. The Morgan fingerprint density at radius 3 is 2.60 bits per heavy atom. The van der Waals surface area contributed by atoms with Crippen LogP contribution >= 0.6 is 24.0 Å². The Morgan fingerprint density at radius 2 is 1.88 bits per heavy atom. The van der Waals surface area contributed by atoms with Crippen LogP contribution in [0.1, 0.15) is 52.0 Å². The molecule has 1 aromatic rings. The minimum absolute atomic E-state index is 0. The molecule has 1 atom stereocenters. The monoisotopic (exact) mass is 461 g/mol. The Hall–Kier alpha value is -1.18. The molecule has 0 saturated heterocycles. The van der Waals surface area contributed by atoms with E-state index >= 15 is 0 Å². The first-order valence-electron chi connectivity index (χ1n) is 8.99. The van der Waals surface area contributed by atoms with E-state index in [1.807, 2.05) is 18.2 Å². The molecule has 0 aromatic heterocycles. The Kier molecular flexibility index (Phi) is 10.0. The van der Waals surface area contributed by atoms with Gasteiger partial charge in [-0.15, -0.1) is 24.0 Å².